The van der Waals surface area contributed by atoms with Crippen molar-refractivity contribution in [2.24, 2.45) is 0 Å². The Labute approximate surface area is 256 Å². The maximum Gasteiger partial charge on any atom is 0.331 e. The van der Waals surface area contributed by atoms with Gasteiger partial charge in [-0.15, -0.1) is 6.42 Å². The first kappa shape index (κ1) is 33.9. The molecular formula is C30H34O15. The molecule has 2 aliphatic heterocycles. The van der Waals surface area contributed by atoms with Gasteiger partial charge in [-0.05, 0) is 47.9 Å². The summed E-state index contributed by atoms with van der Waals surface area (Å²) in [6.07, 6.45) is -8.57. The van der Waals surface area contributed by atoms with Crippen LogP contribution in [0, 0.1) is 12.3 Å². The fourth-order valence-electron chi connectivity index (χ4n) is 4.73. The lowest BCUT2D eigenvalue weighted by atomic mass is 9.96. The molecule has 0 spiro atoms. The van der Waals surface area contributed by atoms with Crippen molar-refractivity contribution in [3.63, 3.8) is 0 Å². The highest BCUT2D eigenvalue weighted by atomic mass is 16.7. The molecular weight excluding hydrogens is 600 g/mol. The van der Waals surface area contributed by atoms with Crippen molar-refractivity contribution >= 4 is 12.0 Å². The summed E-state index contributed by atoms with van der Waals surface area (Å²) in [6, 6.07) is 7.91. The van der Waals surface area contributed by atoms with Crippen LogP contribution in [0.5, 0.6) is 23.0 Å². The Balaban J connectivity index is 1.54. The topological polar surface area (TPSA) is 245 Å². The maximum absolute atomic E-state index is 12.8. The first-order valence-corrected chi connectivity index (χ1v) is 13.7. The summed E-state index contributed by atoms with van der Waals surface area (Å²) < 4.78 is 28.0. The predicted molar refractivity (Wildman–Crippen MR) is 150 cm³/mol. The molecule has 4 rings (SSSR count). The fraction of sp³-hybridized carbons (Fsp3) is 0.433. The zero-order valence-electron chi connectivity index (χ0n) is 23.6. The lowest BCUT2D eigenvalue weighted by Crippen LogP contribution is -2.65. The van der Waals surface area contributed by atoms with Gasteiger partial charge in [0.05, 0.1) is 13.2 Å². The van der Waals surface area contributed by atoms with Crippen LogP contribution in [0.1, 0.15) is 11.1 Å². The lowest BCUT2D eigenvalue weighted by Gasteiger charge is -2.46. The Morgan fingerprint density at radius 2 is 1.53 bits per heavy atom. The van der Waals surface area contributed by atoms with E-state index in [1.807, 2.05) is 0 Å². The van der Waals surface area contributed by atoms with Crippen LogP contribution in [0.4, 0.5) is 0 Å². The minimum absolute atomic E-state index is 0.101. The number of aliphatic hydroxyl groups excluding tert-OH is 5. The van der Waals surface area contributed by atoms with Crippen molar-refractivity contribution < 1.29 is 74.4 Å². The molecule has 0 amide bonds. The number of carbonyl (C=O) groups excluding carboxylic acids is 1. The number of ether oxygens (including phenoxy) is 5. The second-order valence-corrected chi connectivity index (χ2v) is 10.3. The van der Waals surface area contributed by atoms with E-state index in [9.17, 15) is 50.8 Å². The van der Waals surface area contributed by atoms with Crippen LogP contribution in [-0.4, -0.2) is 127 Å². The van der Waals surface area contributed by atoms with Crippen molar-refractivity contribution in [2.75, 3.05) is 13.2 Å². The van der Waals surface area contributed by atoms with E-state index in [1.165, 1.54) is 42.5 Å². The van der Waals surface area contributed by atoms with Gasteiger partial charge in [0, 0.05) is 6.08 Å². The zero-order valence-corrected chi connectivity index (χ0v) is 23.6. The molecule has 0 radical (unpaired) electrons. The SMILES string of the molecule is C#CC1OC(OC2C(O)C(OCCc3ccc(O)c(O)c3)OC(CO)C2OC(=O)C=Cc2ccc(O)c(O)c2)C(O)C(O)C1O. The first-order valence-electron chi connectivity index (χ1n) is 13.7. The quantitative estimate of drug-likeness (QED) is 0.0631. The summed E-state index contributed by atoms with van der Waals surface area (Å²) in [5.41, 5.74) is 0.880. The van der Waals surface area contributed by atoms with E-state index in [1.54, 1.807) is 0 Å². The molecule has 0 saturated carbocycles. The standard InChI is InChI=1S/C30H34O15/c1-2-20-23(37)24(38)25(39)30(42-20)45-28-26(40)29(41-10-9-15-4-7-17(33)19(35)12-15)43-21(13-31)27(28)44-22(36)8-5-14-3-6-16(32)18(34)11-14/h1,3-8,11-12,20-21,23-35,37-40H,9-10,13H2. The van der Waals surface area contributed by atoms with Gasteiger partial charge >= 0.3 is 5.97 Å². The minimum Gasteiger partial charge on any atom is -0.504 e. The van der Waals surface area contributed by atoms with Gasteiger partial charge in [-0.3, -0.25) is 0 Å². The van der Waals surface area contributed by atoms with Crippen LogP contribution < -0.4 is 0 Å². The highest BCUT2D eigenvalue weighted by Gasteiger charge is 2.52. The molecule has 10 unspecified atom stereocenters. The Morgan fingerprint density at radius 1 is 0.844 bits per heavy atom. The third-order valence-electron chi connectivity index (χ3n) is 7.20. The first-order chi connectivity index (χ1) is 21.4. The molecule has 9 N–H and O–H groups in total. The summed E-state index contributed by atoms with van der Waals surface area (Å²) in [5.74, 6) is -0.365. The number of carbonyl (C=O) groups is 1. The van der Waals surface area contributed by atoms with E-state index in [2.05, 4.69) is 5.92 Å². The van der Waals surface area contributed by atoms with E-state index in [-0.39, 0.29) is 30.3 Å². The van der Waals surface area contributed by atoms with Gasteiger partial charge in [-0.25, -0.2) is 4.79 Å². The molecule has 244 valence electrons. The molecule has 0 aliphatic carbocycles. The molecule has 2 aromatic rings. The van der Waals surface area contributed by atoms with Gasteiger partial charge in [0.25, 0.3) is 0 Å². The molecule has 0 aromatic heterocycles. The van der Waals surface area contributed by atoms with Crippen LogP contribution in [0.25, 0.3) is 6.08 Å². The summed E-state index contributed by atoms with van der Waals surface area (Å²) in [5, 5.41) is 90.7. The number of rotatable bonds is 10. The summed E-state index contributed by atoms with van der Waals surface area (Å²) in [7, 11) is 0. The van der Waals surface area contributed by atoms with Gasteiger partial charge < -0.3 is 69.6 Å². The van der Waals surface area contributed by atoms with E-state index < -0.39 is 79.7 Å². The molecule has 45 heavy (non-hydrogen) atoms. The Kier molecular flexibility index (Phi) is 11.2. The highest BCUT2D eigenvalue weighted by Crippen LogP contribution is 2.32. The average molecular weight is 635 g/mol. The monoisotopic (exact) mass is 634 g/mol. The number of esters is 1. The minimum atomic E-state index is -1.87. The number of terminal acetylenes is 1. The molecule has 0 bridgehead atoms. The Morgan fingerprint density at radius 3 is 2.18 bits per heavy atom. The van der Waals surface area contributed by atoms with Gasteiger partial charge in [0.2, 0.25) is 0 Å². The number of aromatic hydroxyl groups is 4. The summed E-state index contributed by atoms with van der Waals surface area (Å²) in [6.45, 7) is -0.871. The molecule has 2 saturated heterocycles. The summed E-state index contributed by atoms with van der Waals surface area (Å²) in [4.78, 5) is 12.8. The molecule has 2 heterocycles. The smallest absolute Gasteiger partial charge is 0.331 e. The van der Waals surface area contributed by atoms with E-state index in [4.69, 9.17) is 30.1 Å². The molecule has 15 nitrogen and oxygen atoms in total. The van der Waals surface area contributed by atoms with Gasteiger partial charge in [0.15, 0.2) is 41.7 Å². The molecule has 2 aromatic carbocycles. The molecule has 10 atom stereocenters. The van der Waals surface area contributed by atoms with Crippen LogP contribution in [0.3, 0.4) is 0 Å². The van der Waals surface area contributed by atoms with E-state index in [0.717, 1.165) is 6.08 Å². The maximum atomic E-state index is 12.8. The van der Waals surface area contributed by atoms with E-state index in [0.29, 0.717) is 11.1 Å². The van der Waals surface area contributed by atoms with Gasteiger partial charge in [0.1, 0.15) is 42.7 Å². The zero-order chi connectivity index (χ0) is 32.8. The van der Waals surface area contributed by atoms with Gasteiger partial charge in [-0.1, -0.05) is 18.1 Å². The number of phenols is 4. The Bertz CT molecular complexity index is 1390. The van der Waals surface area contributed by atoms with Crippen LogP contribution in [0.2, 0.25) is 0 Å². The van der Waals surface area contributed by atoms with Crippen molar-refractivity contribution in [1.82, 2.24) is 0 Å². The van der Waals surface area contributed by atoms with Gasteiger partial charge in [-0.2, -0.15) is 0 Å². The van der Waals surface area contributed by atoms with Crippen LogP contribution in [0.15, 0.2) is 42.5 Å². The number of hydrogen-bond donors (Lipinski definition) is 9. The third-order valence-corrected chi connectivity index (χ3v) is 7.20. The third kappa shape index (κ3) is 8.02. The Hall–Kier alpha value is -3.95. The normalized spacial score (nSPS) is 31.8. The summed E-state index contributed by atoms with van der Waals surface area (Å²) >= 11 is 0. The van der Waals surface area contributed by atoms with Crippen molar-refractivity contribution in [3.05, 3.63) is 53.6 Å². The van der Waals surface area contributed by atoms with E-state index >= 15 is 0 Å². The van der Waals surface area contributed by atoms with Crippen LogP contribution >= 0.6 is 0 Å². The van der Waals surface area contributed by atoms with Crippen molar-refractivity contribution in [1.29, 1.82) is 0 Å². The largest absolute Gasteiger partial charge is 0.504 e. The second kappa shape index (κ2) is 14.9. The predicted octanol–water partition coefficient (Wildman–Crippen LogP) is -1.40. The fourth-order valence-corrected chi connectivity index (χ4v) is 4.73. The average Bonchev–Trinajstić information content (AvgIpc) is 3.02. The number of benzene rings is 2. The van der Waals surface area contributed by atoms with Crippen molar-refractivity contribution in [3.8, 4) is 35.3 Å². The number of hydrogen-bond acceptors (Lipinski definition) is 15. The molecule has 2 aliphatic rings. The highest BCUT2D eigenvalue weighted by molar-refractivity contribution is 5.87. The van der Waals surface area contributed by atoms with Crippen molar-refractivity contribution in [2.45, 2.75) is 67.8 Å². The molecule has 15 heteroatoms. The molecule has 2 fully saturated rings. The van der Waals surface area contributed by atoms with Crippen LogP contribution in [-0.2, 0) is 34.9 Å². The number of aliphatic hydroxyl groups is 5. The lowest BCUT2D eigenvalue weighted by molar-refractivity contribution is -0.354. The second-order valence-electron chi connectivity index (χ2n) is 10.3. The number of phenolic OH excluding ortho intramolecular Hbond substituents is 4.